The average Bonchev–Trinajstić information content (AvgIpc) is 2.29. The van der Waals surface area contributed by atoms with Gasteiger partial charge in [0.15, 0.2) is 0 Å². The van der Waals surface area contributed by atoms with Crippen LogP contribution in [0.2, 0.25) is 0 Å². The number of rotatable bonds is 2. The van der Waals surface area contributed by atoms with E-state index in [4.69, 9.17) is 0 Å². The lowest BCUT2D eigenvalue weighted by molar-refractivity contribution is 0.477. The van der Waals surface area contributed by atoms with Crippen LogP contribution in [0.15, 0.2) is 48.0 Å². The third-order valence-electron chi connectivity index (χ3n) is 1.81. The normalized spacial score (nSPS) is 10.7. The Labute approximate surface area is 87.0 Å². The second kappa shape index (κ2) is 4.32. The second-order valence-corrected chi connectivity index (χ2v) is 2.92. The second-order valence-electron chi connectivity index (χ2n) is 2.92. The van der Waals surface area contributed by atoms with Crippen molar-refractivity contribution in [1.29, 1.82) is 0 Å². The zero-order chi connectivity index (χ0) is 10.5. The van der Waals surface area contributed by atoms with E-state index in [1.807, 2.05) is 6.07 Å². The minimum Gasteiger partial charge on any atom is -0.506 e. The Kier molecular flexibility index (Phi) is 2.69. The van der Waals surface area contributed by atoms with E-state index >= 15 is 0 Å². The molecule has 0 aliphatic carbocycles. The maximum atomic E-state index is 9.44. The van der Waals surface area contributed by atoms with Crippen LogP contribution in [0.25, 0.3) is 0 Å². The Morgan fingerprint density at radius 2 is 1.87 bits per heavy atom. The van der Waals surface area contributed by atoms with Gasteiger partial charge in [-0.05, 0) is 12.1 Å². The SMILES string of the molecule is Oc1ccccc1N=Cc1cncnc1. The number of aromatic hydroxyl groups is 1. The fourth-order valence-corrected chi connectivity index (χ4v) is 1.09. The van der Waals surface area contributed by atoms with Crippen LogP contribution in [-0.4, -0.2) is 21.3 Å². The van der Waals surface area contributed by atoms with Crippen LogP contribution < -0.4 is 0 Å². The molecule has 0 fully saturated rings. The third kappa shape index (κ3) is 2.37. The van der Waals surface area contributed by atoms with Crippen LogP contribution in [0.1, 0.15) is 5.56 Å². The molecule has 0 saturated carbocycles. The minimum absolute atomic E-state index is 0.158. The smallest absolute Gasteiger partial charge is 0.141 e. The summed E-state index contributed by atoms with van der Waals surface area (Å²) >= 11 is 0. The molecule has 2 aromatic rings. The molecule has 0 aliphatic rings. The summed E-state index contributed by atoms with van der Waals surface area (Å²) in [5, 5.41) is 9.44. The number of phenols is 1. The summed E-state index contributed by atoms with van der Waals surface area (Å²) in [6.07, 6.45) is 6.36. The molecular formula is C11H9N3O. The maximum absolute atomic E-state index is 9.44. The van der Waals surface area contributed by atoms with Crippen molar-refractivity contribution in [2.24, 2.45) is 4.99 Å². The number of phenolic OH excluding ortho intramolecular Hbond substituents is 1. The number of nitrogens with zero attached hydrogens (tertiary/aromatic N) is 3. The molecule has 1 aromatic heterocycles. The van der Waals surface area contributed by atoms with E-state index in [1.54, 1.807) is 36.8 Å². The largest absolute Gasteiger partial charge is 0.506 e. The topological polar surface area (TPSA) is 58.4 Å². The van der Waals surface area contributed by atoms with Gasteiger partial charge < -0.3 is 5.11 Å². The summed E-state index contributed by atoms with van der Waals surface area (Å²) in [4.78, 5) is 11.8. The summed E-state index contributed by atoms with van der Waals surface area (Å²) in [6, 6.07) is 6.89. The molecule has 1 N–H and O–H groups in total. The van der Waals surface area contributed by atoms with Gasteiger partial charge in [0.2, 0.25) is 0 Å². The zero-order valence-corrected chi connectivity index (χ0v) is 7.91. The van der Waals surface area contributed by atoms with Gasteiger partial charge in [0.05, 0.1) is 0 Å². The molecule has 4 heteroatoms. The van der Waals surface area contributed by atoms with E-state index in [9.17, 15) is 5.11 Å². The standard InChI is InChI=1S/C11H9N3O/c15-11-4-2-1-3-10(11)14-7-9-5-12-8-13-6-9/h1-8,15H. The van der Waals surface area contributed by atoms with Crippen molar-refractivity contribution in [2.45, 2.75) is 0 Å². The highest BCUT2D eigenvalue weighted by atomic mass is 16.3. The molecule has 1 aromatic carbocycles. The van der Waals surface area contributed by atoms with Gasteiger partial charge in [0.1, 0.15) is 17.8 Å². The molecule has 0 spiro atoms. The van der Waals surface area contributed by atoms with Crippen molar-refractivity contribution in [2.75, 3.05) is 0 Å². The molecule has 0 unspecified atom stereocenters. The summed E-state index contributed by atoms with van der Waals surface area (Å²) in [5.74, 6) is 0.158. The Balaban J connectivity index is 2.23. The first-order valence-corrected chi connectivity index (χ1v) is 4.43. The molecule has 2 rings (SSSR count). The van der Waals surface area contributed by atoms with Crippen LogP contribution in [-0.2, 0) is 0 Å². The highest BCUT2D eigenvalue weighted by molar-refractivity contribution is 5.81. The summed E-state index contributed by atoms with van der Waals surface area (Å²) in [5.41, 5.74) is 1.32. The molecule has 74 valence electrons. The van der Waals surface area contributed by atoms with E-state index in [-0.39, 0.29) is 5.75 Å². The fraction of sp³-hybridized carbons (Fsp3) is 0. The number of aromatic nitrogens is 2. The Bertz CT molecular complexity index is 468. The lowest BCUT2D eigenvalue weighted by atomic mass is 10.3. The van der Waals surface area contributed by atoms with Gasteiger partial charge in [-0.1, -0.05) is 12.1 Å². The van der Waals surface area contributed by atoms with Gasteiger partial charge in [-0.15, -0.1) is 0 Å². The maximum Gasteiger partial charge on any atom is 0.141 e. The first-order valence-electron chi connectivity index (χ1n) is 4.43. The quantitative estimate of drug-likeness (QED) is 0.752. The highest BCUT2D eigenvalue weighted by Gasteiger charge is 1.94. The van der Waals surface area contributed by atoms with E-state index in [1.165, 1.54) is 6.33 Å². The van der Waals surface area contributed by atoms with Gasteiger partial charge in [0, 0.05) is 24.2 Å². The zero-order valence-electron chi connectivity index (χ0n) is 7.91. The molecule has 0 radical (unpaired) electrons. The molecular weight excluding hydrogens is 190 g/mol. The molecule has 0 aliphatic heterocycles. The average molecular weight is 199 g/mol. The number of benzene rings is 1. The number of hydrogen-bond donors (Lipinski definition) is 1. The molecule has 0 saturated heterocycles. The van der Waals surface area contributed by atoms with Crippen LogP contribution in [0.5, 0.6) is 5.75 Å². The van der Waals surface area contributed by atoms with E-state index in [0.717, 1.165) is 5.56 Å². The van der Waals surface area contributed by atoms with Gasteiger partial charge in [-0.2, -0.15) is 0 Å². The highest BCUT2D eigenvalue weighted by Crippen LogP contribution is 2.24. The summed E-state index contributed by atoms with van der Waals surface area (Å²) in [7, 11) is 0. The van der Waals surface area contributed by atoms with Crippen molar-refractivity contribution in [3.63, 3.8) is 0 Å². The van der Waals surface area contributed by atoms with Gasteiger partial charge in [0.25, 0.3) is 0 Å². The van der Waals surface area contributed by atoms with Gasteiger partial charge in [-0.3, -0.25) is 4.99 Å². The van der Waals surface area contributed by atoms with Crippen LogP contribution in [0, 0.1) is 0 Å². The first-order chi connectivity index (χ1) is 7.36. The molecule has 4 nitrogen and oxygen atoms in total. The van der Waals surface area contributed by atoms with Crippen LogP contribution in [0.3, 0.4) is 0 Å². The Morgan fingerprint density at radius 1 is 1.13 bits per heavy atom. The number of hydrogen-bond acceptors (Lipinski definition) is 4. The van der Waals surface area contributed by atoms with Crippen molar-refractivity contribution in [3.8, 4) is 5.75 Å². The van der Waals surface area contributed by atoms with Crippen molar-refractivity contribution >= 4 is 11.9 Å². The molecule has 15 heavy (non-hydrogen) atoms. The lowest BCUT2D eigenvalue weighted by Gasteiger charge is -1.96. The van der Waals surface area contributed by atoms with E-state index in [2.05, 4.69) is 15.0 Å². The predicted octanol–water partition coefficient (Wildman–Crippen LogP) is 1.93. The Morgan fingerprint density at radius 3 is 2.60 bits per heavy atom. The molecule has 0 atom stereocenters. The summed E-state index contributed by atoms with van der Waals surface area (Å²) < 4.78 is 0. The van der Waals surface area contributed by atoms with Crippen LogP contribution >= 0.6 is 0 Å². The van der Waals surface area contributed by atoms with Crippen molar-refractivity contribution in [3.05, 3.63) is 48.5 Å². The summed E-state index contributed by atoms with van der Waals surface area (Å²) in [6.45, 7) is 0. The predicted molar refractivity (Wildman–Crippen MR) is 57.4 cm³/mol. The molecule has 0 bridgehead atoms. The first kappa shape index (κ1) is 9.33. The number of para-hydroxylation sites is 2. The van der Waals surface area contributed by atoms with Crippen molar-refractivity contribution < 1.29 is 5.11 Å². The monoisotopic (exact) mass is 199 g/mol. The van der Waals surface area contributed by atoms with E-state index < -0.39 is 0 Å². The molecule has 1 heterocycles. The fourth-order valence-electron chi connectivity index (χ4n) is 1.09. The minimum atomic E-state index is 0.158. The van der Waals surface area contributed by atoms with Crippen molar-refractivity contribution in [1.82, 2.24) is 9.97 Å². The van der Waals surface area contributed by atoms with Gasteiger partial charge >= 0.3 is 0 Å². The van der Waals surface area contributed by atoms with Gasteiger partial charge in [-0.25, -0.2) is 9.97 Å². The van der Waals surface area contributed by atoms with Crippen LogP contribution in [0.4, 0.5) is 5.69 Å². The van der Waals surface area contributed by atoms with E-state index in [0.29, 0.717) is 5.69 Å². The lowest BCUT2D eigenvalue weighted by Crippen LogP contribution is -1.83. The number of aliphatic imine (C=N–C) groups is 1. The molecule has 0 amide bonds. The third-order valence-corrected chi connectivity index (χ3v) is 1.81. The Hall–Kier alpha value is -2.23.